The Labute approximate surface area is 127 Å². The van der Waals surface area contributed by atoms with Crippen LogP contribution in [0, 0.1) is 47.3 Å². The first kappa shape index (κ1) is 14.9. The van der Waals surface area contributed by atoms with E-state index >= 15 is 0 Å². The van der Waals surface area contributed by atoms with Crippen LogP contribution in [0.2, 0.25) is 0 Å². The average molecular weight is 277 g/mol. The van der Waals surface area contributed by atoms with Gasteiger partial charge < -0.3 is 0 Å². The van der Waals surface area contributed by atoms with E-state index in [1.807, 2.05) is 0 Å². The molecule has 7 unspecified atom stereocenters. The van der Waals surface area contributed by atoms with Gasteiger partial charge in [-0.05, 0) is 79.4 Å². The SMILES string of the molecule is CCCC1CC(C(C)C)CC1C1CCC1C1CCC1C. The molecule has 0 N–H and O–H groups in total. The minimum atomic E-state index is 0.917. The Morgan fingerprint density at radius 1 is 0.850 bits per heavy atom. The molecule has 0 aromatic heterocycles. The molecule has 0 heteroatoms. The van der Waals surface area contributed by atoms with Crippen molar-refractivity contribution in [3.8, 4) is 0 Å². The van der Waals surface area contributed by atoms with E-state index in [4.69, 9.17) is 0 Å². The lowest BCUT2D eigenvalue weighted by Crippen LogP contribution is -2.44. The molecule has 0 saturated heterocycles. The number of hydrogen-bond donors (Lipinski definition) is 0. The minimum Gasteiger partial charge on any atom is -0.0654 e. The highest BCUT2D eigenvalue weighted by molar-refractivity contribution is 4.99. The van der Waals surface area contributed by atoms with Crippen molar-refractivity contribution < 1.29 is 0 Å². The van der Waals surface area contributed by atoms with E-state index in [1.165, 1.54) is 19.3 Å². The van der Waals surface area contributed by atoms with Gasteiger partial charge in [-0.15, -0.1) is 0 Å². The van der Waals surface area contributed by atoms with Crippen molar-refractivity contribution in [2.75, 3.05) is 0 Å². The van der Waals surface area contributed by atoms with Crippen LogP contribution in [0.15, 0.2) is 0 Å². The van der Waals surface area contributed by atoms with E-state index in [-0.39, 0.29) is 0 Å². The summed E-state index contributed by atoms with van der Waals surface area (Å²) < 4.78 is 0. The Hall–Kier alpha value is 0. The van der Waals surface area contributed by atoms with E-state index in [2.05, 4.69) is 27.7 Å². The van der Waals surface area contributed by atoms with Gasteiger partial charge in [0.1, 0.15) is 0 Å². The van der Waals surface area contributed by atoms with Crippen molar-refractivity contribution in [1.29, 1.82) is 0 Å². The highest BCUT2D eigenvalue weighted by Gasteiger charge is 2.49. The molecule has 0 spiro atoms. The summed E-state index contributed by atoms with van der Waals surface area (Å²) in [4.78, 5) is 0. The highest BCUT2D eigenvalue weighted by Crippen LogP contribution is 2.58. The summed E-state index contributed by atoms with van der Waals surface area (Å²) >= 11 is 0. The summed E-state index contributed by atoms with van der Waals surface area (Å²) in [5, 5.41) is 0. The summed E-state index contributed by atoms with van der Waals surface area (Å²) in [5.41, 5.74) is 0. The van der Waals surface area contributed by atoms with Crippen LogP contribution in [0.3, 0.4) is 0 Å². The second-order valence-electron chi connectivity index (χ2n) is 8.81. The van der Waals surface area contributed by atoms with E-state index < -0.39 is 0 Å². The van der Waals surface area contributed by atoms with E-state index in [0.717, 1.165) is 47.3 Å². The third-order valence-corrected chi connectivity index (χ3v) is 7.56. The molecule has 7 atom stereocenters. The molecule has 116 valence electrons. The fourth-order valence-corrected chi connectivity index (χ4v) is 5.92. The molecule has 0 aromatic rings. The molecule has 0 heterocycles. The first-order chi connectivity index (χ1) is 9.61. The molecule has 3 fully saturated rings. The van der Waals surface area contributed by atoms with Crippen LogP contribution < -0.4 is 0 Å². The maximum absolute atomic E-state index is 2.51. The molecule has 0 amide bonds. The molecule has 3 aliphatic carbocycles. The lowest BCUT2D eigenvalue weighted by atomic mass is 9.53. The Bertz CT molecular complexity index is 318. The van der Waals surface area contributed by atoms with E-state index in [9.17, 15) is 0 Å². The zero-order valence-electron chi connectivity index (χ0n) is 14.3. The predicted molar refractivity (Wildman–Crippen MR) is 87.6 cm³/mol. The third-order valence-electron chi connectivity index (χ3n) is 7.56. The van der Waals surface area contributed by atoms with Gasteiger partial charge in [0.2, 0.25) is 0 Å². The number of rotatable bonds is 5. The van der Waals surface area contributed by atoms with Gasteiger partial charge in [-0.1, -0.05) is 47.0 Å². The summed E-state index contributed by atoms with van der Waals surface area (Å²) in [6.45, 7) is 9.83. The standard InChI is InChI=1S/C20H36/c1-5-6-15-11-16(13(2)3)12-20(15)19-10-9-18(19)17-8-7-14(17)4/h13-20H,5-12H2,1-4H3. The quantitative estimate of drug-likeness (QED) is 0.564. The lowest BCUT2D eigenvalue weighted by molar-refractivity contribution is -0.0262. The lowest BCUT2D eigenvalue weighted by Gasteiger charge is -2.52. The van der Waals surface area contributed by atoms with Crippen LogP contribution in [-0.2, 0) is 0 Å². The van der Waals surface area contributed by atoms with Gasteiger partial charge in [-0.3, -0.25) is 0 Å². The van der Waals surface area contributed by atoms with Crippen molar-refractivity contribution in [1.82, 2.24) is 0 Å². The van der Waals surface area contributed by atoms with Crippen LogP contribution >= 0.6 is 0 Å². The fourth-order valence-electron chi connectivity index (χ4n) is 5.92. The largest absolute Gasteiger partial charge is 0.0654 e. The Morgan fingerprint density at radius 2 is 1.50 bits per heavy atom. The van der Waals surface area contributed by atoms with Crippen LogP contribution in [0.4, 0.5) is 0 Å². The van der Waals surface area contributed by atoms with Gasteiger partial charge in [0, 0.05) is 0 Å². The molecule has 0 aliphatic heterocycles. The topological polar surface area (TPSA) is 0 Å². The smallest absolute Gasteiger partial charge is 0.0352 e. The van der Waals surface area contributed by atoms with Gasteiger partial charge >= 0.3 is 0 Å². The molecule has 0 radical (unpaired) electrons. The summed E-state index contributed by atoms with van der Waals surface area (Å²) in [7, 11) is 0. The molecular weight excluding hydrogens is 240 g/mol. The van der Waals surface area contributed by atoms with Crippen molar-refractivity contribution in [2.45, 2.75) is 79.1 Å². The molecule has 0 bridgehead atoms. The van der Waals surface area contributed by atoms with Crippen LogP contribution in [0.1, 0.15) is 79.1 Å². The normalized spacial score (nSPS) is 48.1. The Kier molecular flexibility index (Phi) is 4.48. The molecule has 0 aromatic carbocycles. The monoisotopic (exact) mass is 276 g/mol. The molecule has 0 nitrogen and oxygen atoms in total. The second-order valence-corrected chi connectivity index (χ2v) is 8.81. The minimum absolute atomic E-state index is 0.917. The van der Waals surface area contributed by atoms with Gasteiger partial charge in [0.05, 0.1) is 0 Å². The van der Waals surface area contributed by atoms with Crippen molar-refractivity contribution >= 4 is 0 Å². The zero-order chi connectivity index (χ0) is 14.3. The van der Waals surface area contributed by atoms with Crippen molar-refractivity contribution in [3.63, 3.8) is 0 Å². The second kappa shape index (κ2) is 6.01. The summed E-state index contributed by atoms with van der Waals surface area (Å²) in [6, 6.07) is 0. The van der Waals surface area contributed by atoms with E-state index in [1.54, 1.807) is 32.1 Å². The molecule has 20 heavy (non-hydrogen) atoms. The molecule has 3 saturated carbocycles. The van der Waals surface area contributed by atoms with Gasteiger partial charge in [-0.25, -0.2) is 0 Å². The summed E-state index contributed by atoms with van der Waals surface area (Å²) in [5.74, 6) is 8.57. The highest BCUT2D eigenvalue weighted by atomic mass is 14.5. The van der Waals surface area contributed by atoms with Crippen LogP contribution in [-0.4, -0.2) is 0 Å². The first-order valence-electron chi connectivity index (χ1n) is 9.61. The summed E-state index contributed by atoms with van der Waals surface area (Å²) in [6.07, 6.45) is 12.3. The molecule has 3 aliphatic rings. The molecular formula is C20H36. The maximum Gasteiger partial charge on any atom is -0.0352 e. The molecule has 3 rings (SSSR count). The van der Waals surface area contributed by atoms with Crippen molar-refractivity contribution in [2.24, 2.45) is 47.3 Å². The third kappa shape index (κ3) is 2.57. The Morgan fingerprint density at radius 3 is 1.95 bits per heavy atom. The van der Waals surface area contributed by atoms with Gasteiger partial charge in [0.15, 0.2) is 0 Å². The fraction of sp³-hybridized carbons (Fsp3) is 1.00. The predicted octanol–water partition coefficient (Wildman–Crippen LogP) is 6.16. The number of hydrogen-bond acceptors (Lipinski definition) is 0. The first-order valence-corrected chi connectivity index (χ1v) is 9.61. The van der Waals surface area contributed by atoms with Gasteiger partial charge in [0.25, 0.3) is 0 Å². The van der Waals surface area contributed by atoms with Crippen LogP contribution in [0.25, 0.3) is 0 Å². The van der Waals surface area contributed by atoms with Crippen molar-refractivity contribution in [3.05, 3.63) is 0 Å². The Balaban J connectivity index is 1.64. The maximum atomic E-state index is 2.51. The van der Waals surface area contributed by atoms with Gasteiger partial charge in [-0.2, -0.15) is 0 Å². The average Bonchev–Trinajstić information content (AvgIpc) is 2.77. The zero-order valence-corrected chi connectivity index (χ0v) is 14.3. The van der Waals surface area contributed by atoms with E-state index in [0.29, 0.717) is 0 Å². The van der Waals surface area contributed by atoms with Crippen LogP contribution in [0.5, 0.6) is 0 Å².